The lowest BCUT2D eigenvalue weighted by atomic mass is 9.74. The van der Waals surface area contributed by atoms with Crippen LogP contribution in [0.4, 0.5) is 0 Å². The standard InChI is InChI=1S/C15H22N2O8/c1-6(16)12(20)24-14(22)9-4-3-8(11(18)19)5-10(9)15(23)25-13(21)7(2)17/h6-10H,3-5,16-17H2,1-2H3,(H,18,19). The van der Waals surface area contributed by atoms with E-state index >= 15 is 0 Å². The molecule has 1 rings (SSSR count). The Bertz CT molecular complexity index is 572. The van der Waals surface area contributed by atoms with Gasteiger partial charge in [-0.25, -0.2) is 9.59 Å². The molecule has 25 heavy (non-hydrogen) atoms. The lowest BCUT2D eigenvalue weighted by Crippen LogP contribution is -2.43. The molecule has 1 aliphatic rings. The zero-order valence-corrected chi connectivity index (χ0v) is 14.0. The Morgan fingerprint density at radius 2 is 1.32 bits per heavy atom. The zero-order valence-electron chi connectivity index (χ0n) is 14.0. The van der Waals surface area contributed by atoms with Gasteiger partial charge in [0.05, 0.1) is 17.8 Å². The zero-order chi connectivity index (χ0) is 19.3. The van der Waals surface area contributed by atoms with Gasteiger partial charge in [0.15, 0.2) is 0 Å². The van der Waals surface area contributed by atoms with Gasteiger partial charge in [-0.2, -0.15) is 0 Å². The van der Waals surface area contributed by atoms with Crippen molar-refractivity contribution in [2.45, 2.75) is 45.2 Å². The summed E-state index contributed by atoms with van der Waals surface area (Å²) in [5.74, 6) is -8.38. The molecule has 10 nitrogen and oxygen atoms in total. The Balaban J connectivity index is 2.94. The van der Waals surface area contributed by atoms with Crippen molar-refractivity contribution in [3.8, 4) is 0 Å². The molecule has 0 bridgehead atoms. The largest absolute Gasteiger partial charge is 0.481 e. The van der Waals surface area contributed by atoms with Gasteiger partial charge in [-0.15, -0.1) is 0 Å². The maximum Gasteiger partial charge on any atom is 0.330 e. The molecule has 0 aromatic heterocycles. The number of carboxylic acid groups (broad SMARTS) is 1. The highest BCUT2D eigenvalue weighted by Crippen LogP contribution is 2.36. The van der Waals surface area contributed by atoms with E-state index in [-0.39, 0.29) is 19.3 Å². The summed E-state index contributed by atoms with van der Waals surface area (Å²) in [5.41, 5.74) is 10.6. The van der Waals surface area contributed by atoms with E-state index in [0.717, 1.165) is 0 Å². The summed E-state index contributed by atoms with van der Waals surface area (Å²) in [5, 5.41) is 9.13. The van der Waals surface area contributed by atoms with Gasteiger partial charge in [0.1, 0.15) is 12.1 Å². The van der Waals surface area contributed by atoms with Gasteiger partial charge < -0.3 is 26.0 Å². The summed E-state index contributed by atoms with van der Waals surface area (Å²) < 4.78 is 9.21. The van der Waals surface area contributed by atoms with Crippen molar-refractivity contribution in [1.29, 1.82) is 0 Å². The van der Waals surface area contributed by atoms with Crippen LogP contribution >= 0.6 is 0 Å². The van der Waals surface area contributed by atoms with E-state index in [1.807, 2.05) is 0 Å². The summed E-state index contributed by atoms with van der Waals surface area (Å²) >= 11 is 0. The Labute approximate surface area is 143 Å². The maximum absolute atomic E-state index is 12.2. The second-order valence-corrected chi connectivity index (χ2v) is 6.12. The number of nitrogens with two attached hydrogens (primary N) is 2. The van der Waals surface area contributed by atoms with Crippen molar-refractivity contribution in [2.75, 3.05) is 0 Å². The molecule has 10 heteroatoms. The Morgan fingerprint density at radius 1 is 0.880 bits per heavy atom. The van der Waals surface area contributed by atoms with Crippen molar-refractivity contribution >= 4 is 29.8 Å². The van der Waals surface area contributed by atoms with Crippen molar-refractivity contribution < 1.29 is 38.6 Å². The van der Waals surface area contributed by atoms with Crippen LogP contribution in [-0.4, -0.2) is 47.0 Å². The number of carboxylic acids is 1. The van der Waals surface area contributed by atoms with E-state index in [4.69, 9.17) is 16.6 Å². The molecule has 140 valence electrons. The van der Waals surface area contributed by atoms with Crippen LogP contribution in [0.5, 0.6) is 0 Å². The Hall–Kier alpha value is -2.33. The van der Waals surface area contributed by atoms with Gasteiger partial charge in [0, 0.05) is 0 Å². The van der Waals surface area contributed by atoms with Crippen LogP contribution in [0.25, 0.3) is 0 Å². The van der Waals surface area contributed by atoms with Crippen LogP contribution in [0, 0.1) is 17.8 Å². The molecule has 5 N–H and O–H groups in total. The minimum Gasteiger partial charge on any atom is -0.481 e. The third-order valence-electron chi connectivity index (χ3n) is 3.95. The minimum atomic E-state index is -1.23. The summed E-state index contributed by atoms with van der Waals surface area (Å²) in [6, 6.07) is -2.10. The molecule has 0 aromatic carbocycles. The van der Waals surface area contributed by atoms with E-state index in [0.29, 0.717) is 0 Å². The molecule has 0 spiro atoms. The predicted molar refractivity (Wildman–Crippen MR) is 81.5 cm³/mol. The quantitative estimate of drug-likeness (QED) is 0.405. The van der Waals surface area contributed by atoms with Gasteiger partial charge in [0.25, 0.3) is 0 Å². The predicted octanol–water partition coefficient (Wildman–Crippen LogP) is -1.06. The SMILES string of the molecule is CC(N)C(=O)OC(=O)C1CCC(C(=O)O)CC1C(=O)OC(=O)C(C)N. The first-order valence-corrected chi connectivity index (χ1v) is 7.79. The number of ether oxygens (including phenoxy) is 2. The van der Waals surface area contributed by atoms with E-state index < -0.39 is 59.7 Å². The molecule has 1 aliphatic carbocycles. The van der Waals surface area contributed by atoms with Gasteiger partial charge in [-0.05, 0) is 33.1 Å². The molecule has 0 radical (unpaired) electrons. The van der Waals surface area contributed by atoms with Crippen LogP contribution < -0.4 is 11.5 Å². The number of rotatable bonds is 5. The third kappa shape index (κ3) is 5.61. The molecule has 1 fully saturated rings. The monoisotopic (exact) mass is 358 g/mol. The highest BCUT2D eigenvalue weighted by Gasteiger charge is 2.44. The molecule has 0 saturated heterocycles. The molecular weight excluding hydrogens is 336 g/mol. The normalized spacial score (nSPS) is 25.4. The second-order valence-electron chi connectivity index (χ2n) is 6.12. The average molecular weight is 358 g/mol. The molecule has 0 amide bonds. The Kier molecular flexibility index (Phi) is 7.19. The molecule has 0 aromatic rings. The van der Waals surface area contributed by atoms with E-state index in [1.165, 1.54) is 13.8 Å². The number of hydrogen-bond donors (Lipinski definition) is 3. The van der Waals surface area contributed by atoms with Crippen LogP contribution in [0.15, 0.2) is 0 Å². The number of aliphatic carboxylic acids is 1. The van der Waals surface area contributed by atoms with Crippen molar-refractivity contribution in [3.63, 3.8) is 0 Å². The van der Waals surface area contributed by atoms with Gasteiger partial charge >= 0.3 is 29.8 Å². The van der Waals surface area contributed by atoms with Gasteiger partial charge in [-0.1, -0.05) is 0 Å². The summed E-state index contributed by atoms with van der Waals surface area (Å²) in [4.78, 5) is 58.5. The topological polar surface area (TPSA) is 176 Å². The fourth-order valence-corrected chi connectivity index (χ4v) is 2.47. The van der Waals surface area contributed by atoms with Crippen LogP contribution in [0.1, 0.15) is 33.1 Å². The second kappa shape index (κ2) is 8.67. The van der Waals surface area contributed by atoms with Gasteiger partial charge in [0.2, 0.25) is 0 Å². The first-order chi connectivity index (χ1) is 11.5. The fourth-order valence-electron chi connectivity index (χ4n) is 2.47. The number of carbonyl (C=O) groups is 5. The number of carbonyl (C=O) groups excluding carboxylic acids is 4. The van der Waals surface area contributed by atoms with E-state index in [2.05, 4.69) is 9.47 Å². The first-order valence-electron chi connectivity index (χ1n) is 7.79. The number of esters is 4. The number of hydrogen-bond acceptors (Lipinski definition) is 9. The van der Waals surface area contributed by atoms with Crippen LogP contribution in [0.2, 0.25) is 0 Å². The molecule has 0 aliphatic heterocycles. The van der Waals surface area contributed by atoms with Crippen LogP contribution in [-0.2, 0) is 33.4 Å². The highest BCUT2D eigenvalue weighted by atomic mass is 16.6. The lowest BCUT2D eigenvalue weighted by Gasteiger charge is -2.31. The lowest BCUT2D eigenvalue weighted by molar-refractivity contribution is -0.175. The molecule has 5 unspecified atom stereocenters. The third-order valence-corrected chi connectivity index (χ3v) is 3.95. The fraction of sp³-hybridized carbons (Fsp3) is 0.667. The van der Waals surface area contributed by atoms with Crippen molar-refractivity contribution in [3.05, 3.63) is 0 Å². The minimum absolute atomic E-state index is 0.00579. The molecule has 5 atom stereocenters. The van der Waals surface area contributed by atoms with Crippen molar-refractivity contribution in [1.82, 2.24) is 0 Å². The van der Waals surface area contributed by atoms with E-state index in [9.17, 15) is 24.0 Å². The molecule has 0 heterocycles. The summed E-state index contributed by atoms with van der Waals surface area (Å²) in [7, 11) is 0. The summed E-state index contributed by atoms with van der Waals surface area (Å²) in [6.07, 6.45) is -0.104. The molecule has 1 saturated carbocycles. The van der Waals surface area contributed by atoms with Crippen molar-refractivity contribution in [2.24, 2.45) is 29.2 Å². The smallest absolute Gasteiger partial charge is 0.330 e. The molecular formula is C15H22N2O8. The van der Waals surface area contributed by atoms with E-state index in [1.54, 1.807) is 0 Å². The average Bonchev–Trinajstić information content (AvgIpc) is 2.53. The maximum atomic E-state index is 12.2. The Morgan fingerprint density at radius 3 is 1.72 bits per heavy atom. The van der Waals surface area contributed by atoms with Gasteiger partial charge in [-0.3, -0.25) is 14.4 Å². The first kappa shape index (κ1) is 20.7. The van der Waals surface area contributed by atoms with Crippen LogP contribution in [0.3, 0.4) is 0 Å². The highest BCUT2D eigenvalue weighted by molar-refractivity contribution is 5.94. The summed E-state index contributed by atoms with van der Waals surface area (Å²) in [6.45, 7) is 2.63.